The van der Waals surface area contributed by atoms with E-state index in [1.54, 1.807) is 0 Å². The van der Waals surface area contributed by atoms with E-state index in [1.165, 1.54) is 12.6 Å². The molecule has 0 saturated carbocycles. The molecule has 2 aromatic heterocycles. The maximum atomic E-state index is 11.7. The molecule has 0 bridgehead atoms. The van der Waals surface area contributed by atoms with Crippen molar-refractivity contribution >= 4 is 5.78 Å². The SMILES string of the molecule is Cc1ccc(CC(N)C(=O)c2cnco2)o1. The number of carbonyl (C=O) groups excluding carboxylic acids is 1. The summed E-state index contributed by atoms with van der Waals surface area (Å²) >= 11 is 0. The van der Waals surface area contributed by atoms with Crippen LogP contribution in [0.3, 0.4) is 0 Å². The van der Waals surface area contributed by atoms with Crippen molar-refractivity contribution in [2.45, 2.75) is 19.4 Å². The van der Waals surface area contributed by atoms with Gasteiger partial charge in [0, 0.05) is 6.42 Å². The van der Waals surface area contributed by atoms with Gasteiger partial charge in [0.1, 0.15) is 11.5 Å². The van der Waals surface area contributed by atoms with Crippen molar-refractivity contribution < 1.29 is 13.6 Å². The lowest BCUT2D eigenvalue weighted by Crippen LogP contribution is -2.32. The summed E-state index contributed by atoms with van der Waals surface area (Å²) in [5.74, 6) is 1.40. The topological polar surface area (TPSA) is 82.3 Å². The number of nitrogens with zero attached hydrogens (tertiary/aromatic N) is 1. The molecule has 0 spiro atoms. The molecule has 1 unspecified atom stereocenters. The molecule has 2 N–H and O–H groups in total. The van der Waals surface area contributed by atoms with Gasteiger partial charge in [0.05, 0.1) is 12.2 Å². The molecule has 0 aliphatic carbocycles. The first kappa shape index (κ1) is 10.6. The van der Waals surface area contributed by atoms with E-state index < -0.39 is 6.04 Å². The lowest BCUT2D eigenvalue weighted by atomic mass is 10.1. The average molecular weight is 220 g/mol. The van der Waals surface area contributed by atoms with Crippen LogP contribution in [-0.4, -0.2) is 16.8 Å². The van der Waals surface area contributed by atoms with Crippen LogP contribution in [0.4, 0.5) is 0 Å². The van der Waals surface area contributed by atoms with Crippen molar-refractivity contribution in [2.75, 3.05) is 0 Å². The Balaban J connectivity index is 2.03. The van der Waals surface area contributed by atoms with Crippen LogP contribution in [0.5, 0.6) is 0 Å². The highest BCUT2D eigenvalue weighted by Crippen LogP contribution is 2.10. The quantitative estimate of drug-likeness (QED) is 0.786. The summed E-state index contributed by atoms with van der Waals surface area (Å²) in [5, 5.41) is 0. The van der Waals surface area contributed by atoms with Gasteiger partial charge < -0.3 is 14.6 Å². The Morgan fingerprint density at radius 2 is 2.38 bits per heavy atom. The van der Waals surface area contributed by atoms with E-state index in [-0.39, 0.29) is 11.5 Å². The smallest absolute Gasteiger partial charge is 0.216 e. The van der Waals surface area contributed by atoms with Crippen molar-refractivity contribution in [1.82, 2.24) is 4.98 Å². The summed E-state index contributed by atoms with van der Waals surface area (Å²) < 4.78 is 10.2. The third-order valence-corrected chi connectivity index (χ3v) is 2.23. The number of carbonyl (C=O) groups is 1. The number of aryl methyl sites for hydroxylation is 1. The number of furan rings is 1. The fourth-order valence-corrected chi connectivity index (χ4v) is 1.42. The number of ketones is 1. The van der Waals surface area contributed by atoms with Crippen LogP contribution in [0.25, 0.3) is 0 Å². The Labute approximate surface area is 92.3 Å². The third-order valence-electron chi connectivity index (χ3n) is 2.23. The molecule has 2 heterocycles. The van der Waals surface area contributed by atoms with Crippen molar-refractivity contribution in [3.05, 3.63) is 42.0 Å². The normalized spacial score (nSPS) is 12.6. The van der Waals surface area contributed by atoms with Crippen LogP contribution in [0, 0.1) is 6.92 Å². The molecule has 1 atom stereocenters. The van der Waals surface area contributed by atoms with Crippen LogP contribution in [0.1, 0.15) is 22.1 Å². The Kier molecular flexibility index (Phi) is 2.87. The van der Waals surface area contributed by atoms with Gasteiger partial charge in [-0.2, -0.15) is 0 Å². The number of aromatic nitrogens is 1. The van der Waals surface area contributed by atoms with E-state index in [9.17, 15) is 4.79 Å². The highest BCUT2D eigenvalue weighted by atomic mass is 16.3. The zero-order valence-corrected chi connectivity index (χ0v) is 8.84. The minimum absolute atomic E-state index is 0.177. The number of hydrogen-bond acceptors (Lipinski definition) is 5. The Morgan fingerprint density at radius 1 is 1.56 bits per heavy atom. The first-order chi connectivity index (χ1) is 7.66. The van der Waals surface area contributed by atoms with Gasteiger partial charge in [0.2, 0.25) is 5.78 Å². The minimum atomic E-state index is -0.668. The van der Waals surface area contributed by atoms with Crippen LogP contribution < -0.4 is 5.73 Å². The van der Waals surface area contributed by atoms with Gasteiger partial charge in [0.15, 0.2) is 12.2 Å². The summed E-state index contributed by atoms with van der Waals surface area (Å²) in [6, 6.07) is 2.97. The second kappa shape index (κ2) is 4.32. The molecule has 5 heteroatoms. The molecule has 16 heavy (non-hydrogen) atoms. The summed E-state index contributed by atoms with van der Waals surface area (Å²) in [7, 11) is 0. The number of nitrogens with two attached hydrogens (primary N) is 1. The fraction of sp³-hybridized carbons (Fsp3) is 0.273. The lowest BCUT2D eigenvalue weighted by Gasteiger charge is -2.05. The van der Waals surface area contributed by atoms with Crippen molar-refractivity contribution in [1.29, 1.82) is 0 Å². The molecule has 0 aromatic carbocycles. The maximum Gasteiger partial charge on any atom is 0.216 e. The van der Waals surface area contributed by atoms with E-state index in [4.69, 9.17) is 14.6 Å². The van der Waals surface area contributed by atoms with Gasteiger partial charge in [-0.3, -0.25) is 4.79 Å². The maximum absolute atomic E-state index is 11.7. The molecule has 84 valence electrons. The van der Waals surface area contributed by atoms with E-state index in [0.717, 1.165) is 5.76 Å². The Morgan fingerprint density at radius 3 is 2.94 bits per heavy atom. The summed E-state index contributed by atoms with van der Waals surface area (Å²) in [6.45, 7) is 1.84. The van der Waals surface area contributed by atoms with Gasteiger partial charge in [-0.1, -0.05) is 0 Å². The number of Topliss-reactive ketones (excluding diaryl/α,β-unsaturated/α-hetero) is 1. The van der Waals surface area contributed by atoms with Gasteiger partial charge in [-0.05, 0) is 19.1 Å². The standard InChI is InChI=1S/C11H12N2O3/c1-7-2-3-8(16-7)4-9(12)11(14)10-5-13-6-15-10/h2-3,5-6,9H,4,12H2,1H3. The molecule has 0 saturated heterocycles. The first-order valence-electron chi connectivity index (χ1n) is 4.90. The highest BCUT2D eigenvalue weighted by molar-refractivity contribution is 5.97. The summed E-state index contributed by atoms with van der Waals surface area (Å²) in [4.78, 5) is 15.4. The molecule has 0 aliphatic rings. The second-order valence-corrected chi connectivity index (χ2v) is 3.55. The van der Waals surface area contributed by atoms with E-state index in [1.807, 2.05) is 19.1 Å². The molecule has 0 aliphatic heterocycles. The Bertz CT molecular complexity index is 473. The second-order valence-electron chi connectivity index (χ2n) is 3.55. The van der Waals surface area contributed by atoms with Gasteiger partial charge in [-0.15, -0.1) is 0 Å². The van der Waals surface area contributed by atoms with E-state index in [0.29, 0.717) is 12.2 Å². The highest BCUT2D eigenvalue weighted by Gasteiger charge is 2.20. The largest absolute Gasteiger partial charge is 0.466 e. The summed E-state index contributed by atoms with van der Waals surface area (Å²) in [6.07, 6.45) is 2.92. The minimum Gasteiger partial charge on any atom is -0.466 e. The molecular formula is C11H12N2O3. The fourth-order valence-electron chi connectivity index (χ4n) is 1.42. The van der Waals surface area contributed by atoms with Crippen molar-refractivity contribution in [2.24, 2.45) is 5.73 Å². The number of oxazole rings is 1. The molecule has 2 rings (SSSR count). The lowest BCUT2D eigenvalue weighted by molar-refractivity contribution is 0.0931. The predicted molar refractivity (Wildman–Crippen MR) is 56.0 cm³/mol. The van der Waals surface area contributed by atoms with Crippen molar-refractivity contribution in [3.8, 4) is 0 Å². The molecule has 5 nitrogen and oxygen atoms in total. The Hall–Kier alpha value is -1.88. The van der Waals surface area contributed by atoms with E-state index >= 15 is 0 Å². The van der Waals surface area contributed by atoms with Gasteiger partial charge in [0.25, 0.3) is 0 Å². The monoisotopic (exact) mass is 220 g/mol. The zero-order chi connectivity index (χ0) is 11.5. The zero-order valence-electron chi connectivity index (χ0n) is 8.84. The number of hydrogen-bond donors (Lipinski definition) is 1. The molecule has 0 amide bonds. The predicted octanol–water partition coefficient (Wildman–Crippen LogP) is 1.33. The molecular weight excluding hydrogens is 208 g/mol. The molecule has 2 aromatic rings. The van der Waals surface area contributed by atoms with Crippen LogP contribution in [-0.2, 0) is 6.42 Å². The molecule has 0 radical (unpaired) electrons. The van der Waals surface area contributed by atoms with Crippen LogP contribution >= 0.6 is 0 Å². The van der Waals surface area contributed by atoms with Gasteiger partial charge in [-0.25, -0.2) is 4.98 Å². The van der Waals surface area contributed by atoms with Crippen LogP contribution in [0.15, 0.2) is 33.6 Å². The number of rotatable bonds is 4. The van der Waals surface area contributed by atoms with E-state index in [2.05, 4.69) is 4.98 Å². The van der Waals surface area contributed by atoms with Crippen molar-refractivity contribution in [3.63, 3.8) is 0 Å². The third kappa shape index (κ3) is 2.20. The first-order valence-corrected chi connectivity index (χ1v) is 4.90. The molecule has 0 fully saturated rings. The average Bonchev–Trinajstić information content (AvgIpc) is 2.88. The van der Waals surface area contributed by atoms with Crippen LogP contribution in [0.2, 0.25) is 0 Å². The van der Waals surface area contributed by atoms with Gasteiger partial charge >= 0.3 is 0 Å². The summed E-state index contributed by atoms with van der Waals surface area (Å²) in [5.41, 5.74) is 5.75.